The summed E-state index contributed by atoms with van der Waals surface area (Å²) < 4.78 is 0. The minimum Gasteiger partial charge on any atom is -0.345 e. The Hall–Kier alpha value is -0.830. The second-order valence-electron chi connectivity index (χ2n) is 4.15. The predicted molar refractivity (Wildman–Crippen MR) is 52.4 cm³/mol. The number of nitrogens with zero attached hydrogens (tertiary/aromatic N) is 1. The van der Waals surface area contributed by atoms with Gasteiger partial charge in [-0.2, -0.15) is 0 Å². The van der Waals surface area contributed by atoms with Gasteiger partial charge in [0.25, 0.3) is 0 Å². The van der Waals surface area contributed by atoms with Gasteiger partial charge in [-0.05, 0) is 25.7 Å². The molecule has 0 saturated heterocycles. The van der Waals surface area contributed by atoms with Crippen molar-refractivity contribution < 1.29 is 0 Å². The topological polar surface area (TPSA) is 40.7 Å². The molecular formula is C10H17N3. The summed E-state index contributed by atoms with van der Waals surface area (Å²) >= 11 is 0. The Kier molecular flexibility index (Phi) is 2.36. The van der Waals surface area contributed by atoms with Gasteiger partial charge in [0.2, 0.25) is 0 Å². The highest BCUT2D eigenvalue weighted by Gasteiger charge is 2.24. The zero-order chi connectivity index (χ0) is 9.26. The van der Waals surface area contributed by atoms with Gasteiger partial charge in [0.05, 0.1) is 0 Å². The van der Waals surface area contributed by atoms with Gasteiger partial charge < -0.3 is 10.3 Å². The second-order valence-corrected chi connectivity index (χ2v) is 4.15. The molecule has 1 aromatic rings. The van der Waals surface area contributed by atoms with Crippen LogP contribution in [0, 0.1) is 12.8 Å². The molecule has 0 aromatic carbocycles. The lowest BCUT2D eigenvalue weighted by atomic mass is 9.82. The van der Waals surface area contributed by atoms with E-state index in [2.05, 4.69) is 22.2 Å². The number of hydrogen-bond donors (Lipinski definition) is 2. The predicted octanol–water partition coefficient (Wildman–Crippen LogP) is 1.61. The Morgan fingerprint density at radius 3 is 2.92 bits per heavy atom. The highest BCUT2D eigenvalue weighted by molar-refractivity contribution is 5.00. The quantitative estimate of drug-likeness (QED) is 0.740. The van der Waals surface area contributed by atoms with Gasteiger partial charge in [-0.25, -0.2) is 4.98 Å². The number of aromatic amines is 1. The van der Waals surface area contributed by atoms with Crippen LogP contribution in [0.5, 0.6) is 0 Å². The molecule has 2 rings (SSSR count). The van der Waals surface area contributed by atoms with Gasteiger partial charge in [-0.15, -0.1) is 0 Å². The monoisotopic (exact) mass is 179 g/mol. The third-order valence-corrected chi connectivity index (χ3v) is 2.71. The zero-order valence-electron chi connectivity index (χ0n) is 8.30. The van der Waals surface area contributed by atoms with E-state index in [1.165, 1.54) is 18.5 Å². The molecule has 0 bridgehead atoms. The SMILES string of the molecule is Cc1ncc(CNC2CC(C)C2)[nH]1. The molecule has 2 N–H and O–H groups in total. The number of hydrogen-bond acceptors (Lipinski definition) is 2. The molecule has 1 aromatic heterocycles. The van der Waals surface area contributed by atoms with Gasteiger partial charge in [0.15, 0.2) is 0 Å². The van der Waals surface area contributed by atoms with E-state index in [-0.39, 0.29) is 0 Å². The molecule has 0 amide bonds. The fraction of sp³-hybridized carbons (Fsp3) is 0.700. The van der Waals surface area contributed by atoms with E-state index in [1.807, 2.05) is 13.1 Å². The molecule has 0 radical (unpaired) electrons. The molecule has 1 fully saturated rings. The lowest BCUT2D eigenvalue weighted by Gasteiger charge is -2.33. The van der Waals surface area contributed by atoms with Crippen molar-refractivity contribution in [3.63, 3.8) is 0 Å². The van der Waals surface area contributed by atoms with Gasteiger partial charge >= 0.3 is 0 Å². The van der Waals surface area contributed by atoms with Crippen LogP contribution in [0.25, 0.3) is 0 Å². The van der Waals surface area contributed by atoms with Crippen LogP contribution in [0.1, 0.15) is 31.3 Å². The van der Waals surface area contributed by atoms with Crippen molar-refractivity contribution in [2.75, 3.05) is 0 Å². The lowest BCUT2D eigenvalue weighted by molar-refractivity contribution is 0.240. The smallest absolute Gasteiger partial charge is 0.103 e. The fourth-order valence-corrected chi connectivity index (χ4v) is 1.88. The van der Waals surface area contributed by atoms with E-state index in [4.69, 9.17) is 0 Å². The average Bonchev–Trinajstić information content (AvgIpc) is 2.43. The standard InChI is InChI=1S/C10H17N3/c1-7-3-9(4-7)12-6-10-5-11-8(2)13-10/h5,7,9,12H,3-4,6H2,1-2H3,(H,11,13). The largest absolute Gasteiger partial charge is 0.345 e. The van der Waals surface area contributed by atoms with Crippen LogP contribution < -0.4 is 5.32 Å². The van der Waals surface area contributed by atoms with Crippen LogP contribution in [0.3, 0.4) is 0 Å². The maximum atomic E-state index is 4.16. The van der Waals surface area contributed by atoms with E-state index in [9.17, 15) is 0 Å². The molecule has 1 saturated carbocycles. The number of imidazole rings is 1. The summed E-state index contributed by atoms with van der Waals surface area (Å²) in [6.07, 6.45) is 4.56. The zero-order valence-corrected chi connectivity index (χ0v) is 8.30. The number of H-pyrrole nitrogens is 1. The molecule has 3 nitrogen and oxygen atoms in total. The van der Waals surface area contributed by atoms with Crippen molar-refractivity contribution in [2.24, 2.45) is 5.92 Å². The summed E-state index contributed by atoms with van der Waals surface area (Å²) in [5, 5.41) is 3.51. The van der Waals surface area contributed by atoms with E-state index in [0.717, 1.165) is 24.3 Å². The maximum Gasteiger partial charge on any atom is 0.103 e. The summed E-state index contributed by atoms with van der Waals surface area (Å²) in [6, 6.07) is 0.735. The highest BCUT2D eigenvalue weighted by Crippen LogP contribution is 2.26. The van der Waals surface area contributed by atoms with Crippen LogP contribution in [0.2, 0.25) is 0 Å². The van der Waals surface area contributed by atoms with E-state index < -0.39 is 0 Å². The first-order valence-electron chi connectivity index (χ1n) is 4.98. The van der Waals surface area contributed by atoms with Gasteiger partial charge in [-0.3, -0.25) is 0 Å². The van der Waals surface area contributed by atoms with Gasteiger partial charge in [0, 0.05) is 24.5 Å². The second kappa shape index (κ2) is 3.50. The van der Waals surface area contributed by atoms with E-state index in [0.29, 0.717) is 0 Å². The minimum absolute atomic E-state index is 0.735. The third kappa shape index (κ3) is 2.10. The van der Waals surface area contributed by atoms with Crippen molar-refractivity contribution in [1.82, 2.24) is 15.3 Å². The van der Waals surface area contributed by atoms with E-state index >= 15 is 0 Å². The van der Waals surface area contributed by atoms with Gasteiger partial charge in [-0.1, -0.05) is 6.92 Å². The number of rotatable bonds is 3. The third-order valence-electron chi connectivity index (χ3n) is 2.71. The first-order chi connectivity index (χ1) is 6.24. The molecule has 0 unspecified atom stereocenters. The molecule has 1 heterocycles. The maximum absolute atomic E-state index is 4.16. The van der Waals surface area contributed by atoms with Crippen LogP contribution in [0.4, 0.5) is 0 Å². The molecular weight excluding hydrogens is 162 g/mol. The molecule has 72 valence electrons. The molecule has 1 aliphatic carbocycles. The van der Waals surface area contributed by atoms with E-state index in [1.54, 1.807) is 0 Å². The highest BCUT2D eigenvalue weighted by atomic mass is 15.0. The Morgan fingerprint density at radius 1 is 1.62 bits per heavy atom. The van der Waals surface area contributed by atoms with Crippen molar-refractivity contribution in [2.45, 2.75) is 39.3 Å². The molecule has 0 aliphatic heterocycles. The van der Waals surface area contributed by atoms with Crippen molar-refractivity contribution in [3.05, 3.63) is 17.7 Å². The average molecular weight is 179 g/mol. The molecule has 13 heavy (non-hydrogen) atoms. The first kappa shape index (κ1) is 8.75. The normalized spacial score (nSPS) is 27.2. The number of aryl methyl sites for hydroxylation is 1. The summed E-state index contributed by atoms with van der Waals surface area (Å²) in [6.45, 7) is 5.21. The molecule has 1 aliphatic rings. The summed E-state index contributed by atoms with van der Waals surface area (Å²) in [4.78, 5) is 7.37. The van der Waals surface area contributed by atoms with Gasteiger partial charge in [0.1, 0.15) is 5.82 Å². The summed E-state index contributed by atoms with van der Waals surface area (Å²) in [7, 11) is 0. The Bertz CT molecular complexity index is 273. The Morgan fingerprint density at radius 2 is 2.38 bits per heavy atom. The first-order valence-corrected chi connectivity index (χ1v) is 4.98. The van der Waals surface area contributed by atoms with Crippen LogP contribution >= 0.6 is 0 Å². The number of aromatic nitrogens is 2. The Balaban J connectivity index is 1.74. The van der Waals surface area contributed by atoms with Crippen molar-refractivity contribution in [3.8, 4) is 0 Å². The minimum atomic E-state index is 0.735. The van der Waals surface area contributed by atoms with Crippen LogP contribution in [-0.2, 0) is 6.54 Å². The fourth-order valence-electron chi connectivity index (χ4n) is 1.88. The molecule has 3 heteroatoms. The summed E-state index contributed by atoms with van der Waals surface area (Å²) in [5.41, 5.74) is 1.19. The van der Waals surface area contributed by atoms with Crippen LogP contribution in [0.15, 0.2) is 6.20 Å². The van der Waals surface area contributed by atoms with Crippen molar-refractivity contribution >= 4 is 0 Å². The lowest BCUT2D eigenvalue weighted by Crippen LogP contribution is -2.39. The number of nitrogens with one attached hydrogen (secondary N) is 2. The Labute approximate surface area is 79.0 Å². The van der Waals surface area contributed by atoms with Crippen molar-refractivity contribution in [1.29, 1.82) is 0 Å². The molecule has 0 atom stereocenters. The molecule has 0 spiro atoms. The summed E-state index contributed by atoms with van der Waals surface area (Å²) in [5.74, 6) is 1.92. The van der Waals surface area contributed by atoms with Crippen LogP contribution in [-0.4, -0.2) is 16.0 Å².